The number of nitro groups is 1. The predicted molar refractivity (Wildman–Crippen MR) is 74.7 cm³/mol. The van der Waals surface area contributed by atoms with Crippen LogP contribution in [-0.4, -0.2) is 17.6 Å². The number of nitrogens with zero attached hydrogens (tertiary/aromatic N) is 1. The van der Waals surface area contributed by atoms with Gasteiger partial charge in [0.1, 0.15) is 5.75 Å². The second kappa shape index (κ2) is 5.91. The Morgan fingerprint density at radius 2 is 2.21 bits per heavy atom. The second-order valence-electron chi connectivity index (χ2n) is 5.13. The molecule has 1 unspecified atom stereocenters. The summed E-state index contributed by atoms with van der Waals surface area (Å²) in [6.07, 6.45) is 3.74. The molecule has 0 amide bonds. The van der Waals surface area contributed by atoms with E-state index in [0.29, 0.717) is 18.4 Å². The minimum atomic E-state index is -0.390. The average Bonchev–Trinajstić information content (AvgIpc) is 3.12. The van der Waals surface area contributed by atoms with Crippen LogP contribution in [0, 0.1) is 16.0 Å². The average molecular weight is 264 g/mol. The fourth-order valence-electron chi connectivity index (χ4n) is 2.22. The second-order valence-corrected chi connectivity index (χ2v) is 5.13. The number of rotatable bonds is 7. The highest BCUT2D eigenvalue weighted by molar-refractivity contribution is 5.56. The van der Waals surface area contributed by atoms with E-state index in [1.54, 1.807) is 6.07 Å². The van der Waals surface area contributed by atoms with E-state index in [4.69, 9.17) is 4.74 Å². The highest BCUT2D eigenvalue weighted by Crippen LogP contribution is 2.34. The van der Waals surface area contributed by atoms with E-state index in [9.17, 15) is 10.1 Å². The highest BCUT2D eigenvalue weighted by Gasteiger charge is 2.23. The summed E-state index contributed by atoms with van der Waals surface area (Å²) in [6.45, 7) is 4.47. The van der Waals surface area contributed by atoms with E-state index in [1.807, 2.05) is 13.0 Å². The molecule has 1 atom stereocenters. The van der Waals surface area contributed by atoms with Crippen molar-refractivity contribution in [1.29, 1.82) is 0 Å². The van der Waals surface area contributed by atoms with Gasteiger partial charge in [-0.15, -0.1) is 0 Å². The van der Waals surface area contributed by atoms with E-state index in [-0.39, 0.29) is 10.6 Å². The molecule has 1 fully saturated rings. The van der Waals surface area contributed by atoms with Gasteiger partial charge in [0.05, 0.1) is 17.6 Å². The molecule has 5 heteroatoms. The van der Waals surface area contributed by atoms with E-state index in [1.165, 1.54) is 18.9 Å². The normalized spacial score (nSPS) is 15.9. The van der Waals surface area contributed by atoms with Gasteiger partial charge < -0.3 is 10.1 Å². The molecule has 1 N–H and O–H groups in total. The Bertz CT molecular complexity index is 458. The first-order valence-corrected chi connectivity index (χ1v) is 6.77. The van der Waals surface area contributed by atoms with Crippen LogP contribution in [0.4, 0.5) is 11.4 Å². The molecule has 0 spiro atoms. The van der Waals surface area contributed by atoms with Crippen LogP contribution in [-0.2, 0) is 0 Å². The fourth-order valence-corrected chi connectivity index (χ4v) is 2.22. The van der Waals surface area contributed by atoms with E-state index in [0.717, 1.165) is 18.0 Å². The fraction of sp³-hybridized carbons (Fsp3) is 0.571. The molecular weight excluding hydrogens is 244 g/mol. The SMILES string of the molecule is CCOc1cc(NC(C)CC2CC2)cc([N+](=O)[O-])c1. The zero-order valence-electron chi connectivity index (χ0n) is 11.4. The van der Waals surface area contributed by atoms with Crippen molar-refractivity contribution in [2.75, 3.05) is 11.9 Å². The zero-order chi connectivity index (χ0) is 13.8. The van der Waals surface area contributed by atoms with E-state index >= 15 is 0 Å². The van der Waals surface area contributed by atoms with Gasteiger partial charge in [0.15, 0.2) is 0 Å². The molecule has 2 rings (SSSR count). The number of ether oxygens (including phenoxy) is 1. The molecule has 19 heavy (non-hydrogen) atoms. The van der Waals surface area contributed by atoms with Crippen LogP contribution in [0.5, 0.6) is 5.75 Å². The van der Waals surface area contributed by atoms with Crippen LogP contribution >= 0.6 is 0 Å². The summed E-state index contributed by atoms with van der Waals surface area (Å²) in [5.74, 6) is 1.37. The van der Waals surface area contributed by atoms with Gasteiger partial charge in [-0.25, -0.2) is 0 Å². The summed E-state index contributed by atoms with van der Waals surface area (Å²) in [4.78, 5) is 10.5. The molecular formula is C14H20N2O3. The van der Waals surface area contributed by atoms with Crippen molar-refractivity contribution in [1.82, 2.24) is 0 Å². The third kappa shape index (κ3) is 4.12. The first-order chi connectivity index (χ1) is 9.08. The molecule has 104 valence electrons. The van der Waals surface area contributed by atoms with Crippen LogP contribution in [0.15, 0.2) is 18.2 Å². The Kier molecular flexibility index (Phi) is 4.24. The molecule has 1 aliphatic carbocycles. The van der Waals surface area contributed by atoms with Gasteiger partial charge in [0.25, 0.3) is 5.69 Å². The number of nitro benzene ring substituents is 1. The third-order valence-electron chi connectivity index (χ3n) is 3.21. The van der Waals surface area contributed by atoms with E-state index < -0.39 is 0 Å². The lowest BCUT2D eigenvalue weighted by molar-refractivity contribution is -0.384. The van der Waals surface area contributed by atoms with Gasteiger partial charge in [-0.2, -0.15) is 0 Å². The predicted octanol–water partition coefficient (Wildman–Crippen LogP) is 3.59. The smallest absolute Gasteiger partial charge is 0.275 e. The summed E-state index contributed by atoms with van der Waals surface area (Å²) in [5.41, 5.74) is 0.817. The van der Waals surface area contributed by atoms with Crippen molar-refractivity contribution in [2.24, 2.45) is 5.92 Å². The van der Waals surface area contributed by atoms with Crippen LogP contribution in [0.1, 0.15) is 33.1 Å². The van der Waals surface area contributed by atoms with Gasteiger partial charge in [-0.1, -0.05) is 12.8 Å². The quantitative estimate of drug-likeness (QED) is 0.603. The summed E-state index contributed by atoms with van der Waals surface area (Å²) < 4.78 is 5.37. The van der Waals surface area contributed by atoms with Crippen LogP contribution in [0.3, 0.4) is 0 Å². The van der Waals surface area contributed by atoms with Crippen molar-refractivity contribution >= 4 is 11.4 Å². The summed E-state index contributed by atoms with van der Waals surface area (Å²) in [5, 5.41) is 14.2. The van der Waals surface area contributed by atoms with Gasteiger partial charge in [0, 0.05) is 23.9 Å². The molecule has 0 aromatic heterocycles. The van der Waals surface area contributed by atoms with Crippen LogP contribution < -0.4 is 10.1 Å². The Labute approximate surface area is 113 Å². The van der Waals surface area contributed by atoms with Crippen molar-refractivity contribution < 1.29 is 9.66 Å². The van der Waals surface area contributed by atoms with Crippen molar-refractivity contribution in [3.63, 3.8) is 0 Å². The molecule has 0 aliphatic heterocycles. The Hall–Kier alpha value is -1.78. The third-order valence-corrected chi connectivity index (χ3v) is 3.21. The summed E-state index contributed by atoms with van der Waals surface area (Å²) in [6, 6.07) is 5.16. The topological polar surface area (TPSA) is 64.4 Å². The van der Waals surface area contributed by atoms with Crippen LogP contribution in [0.25, 0.3) is 0 Å². The Balaban J connectivity index is 2.10. The monoisotopic (exact) mass is 264 g/mol. The molecule has 1 aliphatic rings. The van der Waals surface area contributed by atoms with Crippen molar-refractivity contribution in [2.45, 2.75) is 39.2 Å². The maximum Gasteiger partial charge on any atom is 0.275 e. The maximum absolute atomic E-state index is 10.9. The van der Waals surface area contributed by atoms with Gasteiger partial charge >= 0.3 is 0 Å². The molecule has 5 nitrogen and oxygen atoms in total. The van der Waals surface area contributed by atoms with Gasteiger partial charge in [-0.05, 0) is 26.2 Å². The summed E-state index contributed by atoms with van der Waals surface area (Å²) >= 11 is 0. The number of hydrogen-bond acceptors (Lipinski definition) is 4. The highest BCUT2D eigenvalue weighted by atomic mass is 16.6. The molecule has 0 heterocycles. The van der Waals surface area contributed by atoms with Crippen molar-refractivity contribution in [3.8, 4) is 5.75 Å². The molecule has 1 aromatic rings. The lowest BCUT2D eigenvalue weighted by atomic mass is 10.1. The van der Waals surface area contributed by atoms with Crippen LogP contribution in [0.2, 0.25) is 0 Å². The molecule has 1 saturated carbocycles. The van der Waals surface area contributed by atoms with Crippen molar-refractivity contribution in [3.05, 3.63) is 28.3 Å². The number of benzene rings is 1. The van der Waals surface area contributed by atoms with Gasteiger partial charge in [-0.3, -0.25) is 10.1 Å². The molecule has 1 aromatic carbocycles. The number of anilines is 1. The standard InChI is InChI=1S/C14H20N2O3/c1-3-19-14-8-12(7-13(9-14)16(17)18)15-10(2)6-11-4-5-11/h7-11,15H,3-6H2,1-2H3. The molecule has 0 bridgehead atoms. The Morgan fingerprint density at radius 3 is 2.79 bits per heavy atom. The first-order valence-electron chi connectivity index (χ1n) is 6.77. The largest absolute Gasteiger partial charge is 0.494 e. The lowest BCUT2D eigenvalue weighted by Gasteiger charge is -2.15. The minimum Gasteiger partial charge on any atom is -0.494 e. The first kappa shape index (κ1) is 13.6. The number of nitrogens with one attached hydrogen (secondary N) is 1. The molecule has 0 saturated heterocycles. The maximum atomic E-state index is 10.9. The molecule has 0 radical (unpaired) electrons. The van der Waals surface area contributed by atoms with E-state index in [2.05, 4.69) is 12.2 Å². The number of non-ortho nitro benzene ring substituents is 1. The summed E-state index contributed by atoms with van der Waals surface area (Å²) in [7, 11) is 0. The lowest BCUT2D eigenvalue weighted by Crippen LogP contribution is -2.15. The Morgan fingerprint density at radius 1 is 1.47 bits per heavy atom. The minimum absolute atomic E-state index is 0.0621. The zero-order valence-corrected chi connectivity index (χ0v) is 11.4. The number of hydrogen-bond donors (Lipinski definition) is 1. The van der Waals surface area contributed by atoms with Gasteiger partial charge in [0.2, 0.25) is 0 Å².